The van der Waals surface area contributed by atoms with E-state index >= 15 is 0 Å². The number of hydrogen-bond donors (Lipinski definition) is 0. The third-order valence-electron chi connectivity index (χ3n) is 4.13. The van der Waals surface area contributed by atoms with Crippen molar-refractivity contribution >= 4 is 5.52 Å². The van der Waals surface area contributed by atoms with Crippen molar-refractivity contribution in [3.8, 4) is 0 Å². The van der Waals surface area contributed by atoms with Gasteiger partial charge in [0.1, 0.15) is 5.82 Å². The van der Waals surface area contributed by atoms with Crippen molar-refractivity contribution in [2.24, 2.45) is 0 Å². The lowest BCUT2D eigenvalue weighted by Crippen LogP contribution is -2.28. The molecule has 0 aromatic carbocycles. The van der Waals surface area contributed by atoms with Crippen LogP contribution in [0.5, 0.6) is 0 Å². The van der Waals surface area contributed by atoms with Crippen LogP contribution in [0, 0.1) is 6.92 Å². The standard InChI is InChI=1S/C15H21N3/c1-11(2)17-8-6-13(10-17)15-16-9-14-12(3)5-4-7-18(14)15/h4-5,7,9,11,13H,6,8,10H2,1-3H3. The molecule has 3 nitrogen and oxygen atoms in total. The molecule has 3 heteroatoms. The van der Waals surface area contributed by atoms with Crippen LogP contribution in [0.4, 0.5) is 0 Å². The third kappa shape index (κ3) is 1.83. The molecular formula is C15H21N3. The molecule has 1 fully saturated rings. The summed E-state index contributed by atoms with van der Waals surface area (Å²) in [6, 6.07) is 4.90. The van der Waals surface area contributed by atoms with E-state index in [1.807, 2.05) is 6.20 Å². The Balaban J connectivity index is 1.94. The Hall–Kier alpha value is -1.35. The van der Waals surface area contributed by atoms with E-state index in [9.17, 15) is 0 Å². The summed E-state index contributed by atoms with van der Waals surface area (Å²) in [5.41, 5.74) is 2.55. The number of aromatic nitrogens is 2. The minimum absolute atomic E-state index is 0.580. The van der Waals surface area contributed by atoms with Gasteiger partial charge in [0.2, 0.25) is 0 Å². The van der Waals surface area contributed by atoms with E-state index < -0.39 is 0 Å². The summed E-state index contributed by atoms with van der Waals surface area (Å²) in [6.45, 7) is 9.04. The molecule has 0 N–H and O–H groups in total. The number of imidazole rings is 1. The molecule has 0 radical (unpaired) electrons. The Morgan fingerprint density at radius 3 is 2.94 bits per heavy atom. The van der Waals surface area contributed by atoms with Crippen LogP contribution in [-0.2, 0) is 0 Å². The average Bonchev–Trinajstić information content (AvgIpc) is 2.94. The fraction of sp³-hybridized carbons (Fsp3) is 0.533. The van der Waals surface area contributed by atoms with Crippen LogP contribution < -0.4 is 0 Å². The molecule has 96 valence electrons. The van der Waals surface area contributed by atoms with Gasteiger partial charge in [-0.05, 0) is 45.4 Å². The van der Waals surface area contributed by atoms with Gasteiger partial charge in [-0.15, -0.1) is 0 Å². The quantitative estimate of drug-likeness (QED) is 0.808. The minimum atomic E-state index is 0.580. The van der Waals surface area contributed by atoms with Gasteiger partial charge in [0.25, 0.3) is 0 Å². The van der Waals surface area contributed by atoms with Gasteiger partial charge in [-0.2, -0.15) is 0 Å². The van der Waals surface area contributed by atoms with Gasteiger partial charge in [-0.3, -0.25) is 0 Å². The molecule has 2 aromatic heterocycles. The van der Waals surface area contributed by atoms with Crippen molar-refractivity contribution in [1.29, 1.82) is 0 Å². The summed E-state index contributed by atoms with van der Waals surface area (Å²) < 4.78 is 2.27. The highest BCUT2D eigenvalue weighted by molar-refractivity contribution is 5.53. The van der Waals surface area contributed by atoms with Crippen LogP contribution in [0.15, 0.2) is 24.5 Å². The summed E-state index contributed by atoms with van der Waals surface area (Å²) in [6.07, 6.45) is 5.39. The van der Waals surface area contributed by atoms with Crippen LogP contribution in [0.3, 0.4) is 0 Å². The van der Waals surface area contributed by atoms with E-state index in [2.05, 4.69) is 53.4 Å². The monoisotopic (exact) mass is 243 g/mol. The van der Waals surface area contributed by atoms with E-state index in [-0.39, 0.29) is 0 Å². The molecule has 3 rings (SSSR count). The Kier molecular flexibility index (Phi) is 2.86. The number of rotatable bonds is 2. The smallest absolute Gasteiger partial charge is 0.117 e. The highest BCUT2D eigenvalue weighted by atomic mass is 15.2. The first-order valence-electron chi connectivity index (χ1n) is 6.83. The summed E-state index contributed by atoms with van der Waals surface area (Å²) in [5, 5.41) is 0. The molecule has 18 heavy (non-hydrogen) atoms. The van der Waals surface area contributed by atoms with Crippen molar-refractivity contribution in [3.63, 3.8) is 0 Å². The van der Waals surface area contributed by atoms with Gasteiger partial charge in [0.15, 0.2) is 0 Å². The van der Waals surface area contributed by atoms with Crippen molar-refractivity contribution < 1.29 is 0 Å². The number of fused-ring (bicyclic) bond motifs is 1. The van der Waals surface area contributed by atoms with Crippen LogP contribution in [0.2, 0.25) is 0 Å². The second-order valence-corrected chi connectivity index (χ2v) is 5.64. The summed E-state index contributed by atoms with van der Waals surface area (Å²) in [5.74, 6) is 1.81. The molecule has 0 spiro atoms. The lowest BCUT2D eigenvalue weighted by Gasteiger charge is -2.19. The van der Waals surface area contributed by atoms with Crippen LogP contribution in [0.1, 0.15) is 37.6 Å². The highest BCUT2D eigenvalue weighted by Gasteiger charge is 2.28. The van der Waals surface area contributed by atoms with Crippen molar-refractivity contribution in [2.45, 2.75) is 39.2 Å². The molecule has 2 aromatic rings. The summed E-state index contributed by atoms with van der Waals surface area (Å²) in [4.78, 5) is 7.21. The molecular weight excluding hydrogens is 222 g/mol. The van der Waals surface area contributed by atoms with E-state index in [0.717, 1.165) is 6.54 Å². The zero-order valence-corrected chi connectivity index (χ0v) is 11.4. The molecule has 1 unspecified atom stereocenters. The maximum atomic E-state index is 4.67. The van der Waals surface area contributed by atoms with Crippen LogP contribution >= 0.6 is 0 Å². The first-order valence-corrected chi connectivity index (χ1v) is 6.83. The molecule has 0 saturated carbocycles. The minimum Gasteiger partial charge on any atom is -0.303 e. The Morgan fingerprint density at radius 2 is 2.22 bits per heavy atom. The number of nitrogens with zero attached hydrogens (tertiary/aromatic N) is 3. The number of aryl methyl sites for hydroxylation is 1. The van der Waals surface area contributed by atoms with Crippen LogP contribution in [0.25, 0.3) is 5.52 Å². The largest absolute Gasteiger partial charge is 0.303 e. The van der Waals surface area contributed by atoms with E-state index in [1.54, 1.807) is 0 Å². The van der Waals surface area contributed by atoms with Crippen LogP contribution in [-0.4, -0.2) is 33.4 Å². The average molecular weight is 243 g/mol. The predicted octanol–water partition coefficient (Wildman–Crippen LogP) is 2.84. The molecule has 3 heterocycles. The van der Waals surface area contributed by atoms with Crippen molar-refractivity contribution in [2.75, 3.05) is 13.1 Å². The maximum absolute atomic E-state index is 4.67. The lowest BCUT2D eigenvalue weighted by molar-refractivity contribution is 0.272. The molecule has 1 saturated heterocycles. The highest BCUT2D eigenvalue weighted by Crippen LogP contribution is 2.28. The topological polar surface area (TPSA) is 20.5 Å². The fourth-order valence-corrected chi connectivity index (χ4v) is 2.95. The Bertz CT molecular complexity index is 556. The second-order valence-electron chi connectivity index (χ2n) is 5.64. The Morgan fingerprint density at radius 1 is 1.39 bits per heavy atom. The van der Waals surface area contributed by atoms with Gasteiger partial charge in [0, 0.05) is 24.7 Å². The lowest BCUT2D eigenvalue weighted by atomic mass is 10.1. The molecule has 0 amide bonds. The van der Waals surface area contributed by atoms with Gasteiger partial charge >= 0.3 is 0 Å². The third-order valence-corrected chi connectivity index (χ3v) is 4.13. The maximum Gasteiger partial charge on any atom is 0.117 e. The molecule has 1 atom stereocenters. The SMILES string of the molecule is Cc1cccn2c(C3CCN(C(C)C)C3)ncc12. The van der Waals surface area contributed by atoms with Gasteiger partial charge in [0.05, 0.1) is 11.7 Å². The fourth-order valence-electron chi connectivity index (χ4n) is 2.95. The summed E-state index contributed by atoms with van der Waals surface area (Å²) >= 11 is 0. The van der Waals surface area contributed by atoms with E-state index in [4.69, 9.17) is 0 Å². The second kappa shape index (κ2) is 4.39. The molecule has 1 aliphatic heterocycles. The van der Waals surface area contributed by atoms with Gasteiger partial charge in [-0.25, -0.2) is 4.98 Å². The number of hydrogen-bond acceptors (Lipinski definition) is 2. The Labute approximate surface area is 108 Å². The predicted molar refractivity (Wildman–Crippen MR) is 74.0 cm³/mol. The zero-order chi connectivity index (χ0) is 12.7. The molecule has 0 bridgehead atoms. The first-order chi connectivity index (χ1) is 8.66. The number of likely N-dealkylation sites (tertiary alicyclic amines) is 1. The van der Waals surface area contributed by atoms with E-state index in [0.29, 0.717) is 12.0 Å². The molecule has 1 aliphatic rings. The summed E-state index contributed by atoms with van der Waals surface area (Å²) in [7, 11) is 0. The normalized spacial score (nSPS) is 21.2. The van der Waals surface area contributed by atoms with Gasteiger partial charge < -0.3 is 9.30 Å². The molecule has 0 aliphatic carbocycles. The first kappa shape index (κ1) is 11.7. The zero-order valence-electron chi connectivity index (χ0n) is 11.4. The van der Waals surface area contributed by atoms with Crippen molar-refractivity contribution in [1.82, 2.24) is 14.3 Å². The van der Waals surface area contributed by atoms with Gasteiger partial charge in [-0.1, -0.05) is 6.07 Å². The number of pyridine rings is 1. The van der Waals surface area contributed by atoms with Crippen molar-refractivity contribution in [3.05, 3.63) is 35.9 Å². The van der Waals surface area contributed by atoms with E-state index in [1.165, 1.54) is 29.9 Å².